The summed E-state index contributed by atoms with van der Waals surface area (Å²) < 4.78 is 0. The SMILES string of the molecule is NCCCCC(NC(=O)C(CCCN=C(N)N)NC(=O)C(N)CCCN=C(N)N)C(=O)N1CCCC1C(=O)O. The number of likely N-dealkylation sites (tertiary alicyclic amines) is 1. The van der Waals surface area contributed by atoms with Crippen LogP contribution in [0.5, 0.6) is 0 Å². The molecule has 0 bridgehead atoms. The predicted octanol–water partition coefficient (Wildman–Crippen LogP) is -3.40. The van der Waals surface area contributed by atoms with Crippen LogP contribution in [-0.2, 0) is 19.2 Å². The molecular weight excluding hydrogens is 510 g/mol. The van der Waals surface area contributed by atoms with E-state index in [-0.39, 0.29) is 44.3 Å². The van der Waals surface area contributed by atoms with Gasteiger partial charge in [0.05, 0.1) is 6.04 Å². The third kappa shape index (κ3) is 12.6. The molecule has 0 aromatic rings. The number of rotatable bonds is 18. The number of hydrogen-bond donors (Lipinski definition) is 9. The lowest BCUT2D eigenvalue weighted by molar-refractivity contribution is -0.149. The maximum absolute atomic E-state index is 13.3. The fourth-order valence-electron chi connectivity index (χ4n) is 4.21. The molecule has 222 valence electrons. The average Bonchev–Trinajstić information content (AvgIpc) is 3.37. The van der Waals surface area contributed by atoms with Crippen molar-refractivity contribution in [2.45, 2.75) is 82.0 Å². The van der Waals surface area contributed by atoms with E-state index >= 15 is 0 Å². The molecule has 0 aromatic heterocycles. The highest BCUT2D eigenvalue weighted by Crippen LogP contribution is 2.20. The van der Waals surface area contributed by atoms with Crippen LogP contribution in [0.1, 0.15) is 57.8 Å². The smallest absolute Gasteiger partial charge is 0.326 e. The van der Waals surface area contributed by atoms with E-state index in [1.54, 1.807) is 0 Å². The summed E-state index contributed by atoms with van der Waals surface area (Å²) in [5, 5.41) is 14.9. The number of nitrogens with zero attached hydrogens (tertiary/aromatic N) is 3. The molecule has 1 rings (SSSR count). The molecule has 15 N–H and O–H groups in total. The van der Waals surface area contributed by atoms with E-state index in [9.17, 15) is 24.3 Å². The second-order valence-corrected chi connectivity index (χ2v) is 9.44. The van der Waals surface area contributed by atoms with Gasteiger partial charge in [0.1, 0.15) is 18.1 Å². The lowest BCUT2D eigenvalue weighted by Crippen LogP contribution is -2.57. The van der Waals surface area contributed by atoms with Crippen LogP contribution >= 0.6 is 0 Å². The van der Waals surface area contributed by atoms with E-state index in [2.05, 4.69) is 20.6 Å². The van der Waals surface area contributed by atoms with E-state index in [0.29, 0.717) is 51.6 Å². The van der Waals surface area contributed by atoms with Gasteiger partial charge in [-0.1, -0.05) is 0 Å². The van der Waals surface area contributed by atoms with Gasteiger partial charge in [-0.15, -0.1) is 0 Å². The van der Waals surface area contributed by atoms with Gasteiger partial charge in [-0.05, 0) is 64.3 Å². The highest BCUT2D eigenvalue weighted by Gasteiger charge is 2.38. The Bertz CT molecular complexity index is 875. The number of amides is 3. The fraction of sp³-hybridized carbons (Fsp3) is 0.739. The molecule has 16 nitrogen and oxygen atoms in total. The van der Waals surface area contributed by atoms with E-state index in [4.69, 9.17) is 34.4 Å². The minimum Gasteiger partial charge on any atom is -0.480 e. The standard InChI is InChI=1S/C23H45N11O5/c24-10-2-1-7-16(20(37)34-13-5-9-17(34)21(38)39)33-19(36)15(8-4-12-31-23(28)29)32-18(35)14(25)6-3-11-30-22(26)27/h14-17H,1-13,24-25H2,(H,32,35)(H,33,36)(H,38,39)(H4,26,27,30)(H4,28,29,31). The van der Waals surface area contributed by atoms with Gasteiger partial charge in [0.25, 0.3) is 0 Å². The van der Waals surface area contributed by atoms with Crippen molar-refractivity contribution in [2.75, 3.05) is 26.2 Å². The highest BCUT2D eigenvalue weighted by atomic mass is 16.4. The molecule has 3 amide bonds. The van der Waals surface area contributed by atoms with Crippen molar-refractivity contribution in [2.24, 2.45) is 44.4 Å². The number of aliphatic carboxylic acids is 1. The van der Waals surface area contributed by atoms with Crippen LogP contribution in [0.2, 0.25) is 0 Å². The first-order chi connectivity index (χ1) is 18.5. The van der Waals surface area contributed by atoms with Crippen LogP contribution in [-0.4, -0.2) is 96.0 Å². The van der Waals surface area contributed by atoms with Crippen molar-refractivity contribution >= 4 is 35.6 Å². The number of aliphatic imine (C=N–C) groups is 2. The molecule has 16 heteroatoms. The van der Waals surface area contributed by atoms with E-state index < -0.39 is 47.9 Å². The van der Waals surface area contributed by atoms with Crippen LogP contribution in [0.4, 0.5) is 0 Å². The first-order valence-electron chi connectivity index (χ1n) is 13.2. The number of carboxylic acid groups (broad SMARTS) is 1. The zero-order chi connectivity index (χ0) is 29.4. The average molecular weight is 556 g/mol. The zero-order valence-electron chi connectivity index (χ0n) is 22.4. The van der Waals surface area contributed by atoms with Crippen molar-refractivity contribution in [3.63, 3.8) is 0 Å². The second kappa shape index (κ2) is 17.8. The zero-order valence-corrected chi connectivity index (χ0v) is 22.4. The summed E-state index contributed by atoms with van der Waals surface area (Å²) in [7, 11) is 0. The number of carbonyl (C=O) groups excluding carboxylic acids is 3. The van der Waals surface area contributed by atoms with E-state index in [1.807, 2.05) is 0 Å². The minimum absolute atomic E-state index is 0.0651. The second-order valence-electron chi connectivity index (χ2n) is 9.44. The lowest BCUT2D eigenvalue weighted by atomic mass is 10.0. The number of carbonyl (C=O) groups is 4. The molecule has 0 radical (unpaired) electrons. The largest absolute Gasteiger partial charge is 0.480 e. The van der Waals surface area contributed by atoms with Gasteiger partial charge in [0, 0.05) is 19.6 Å². The number of nitrogens with one attached hydrogen (secondary N) is 2. The quantitative estimate of drug-likeness (QED) is 0.0456. The summed E-state index contributed by atoms with van der Waals surface area (Å²) in [5.41, 5.74) is 32.9. The van der Waals surface area contributed by atoms with Gasteiger partial charge in [-0.2, -0.15) is 0 Å². The Balaban J connectivity index is 2.98. The molecule has 4 atom stereocenters. The first-order valence-corrected chi connectivity index (χ1v) is 13.2. The van der Waals surface area contributed by atoms with Gasteiger partial charge in [-0.25, -0.2) is 4.79 Å². The van der Waals surface area contributed by atoms with Crippen molar-refractivity contribution in [3.8, 4) is 0 Å². The van der Waals surface area contributed by atoms with Crippen molar-refractivity contribution in [1.82, 2.24) is 15.5 Å². The van der Waals surface area contributed by atoms with E-state index in [1.165, 1.54) is 4.90 Å². The molecule has 1 saturated heterocycles. The van der Waals surface area contributed by atoms with Crippen LogP contribution in [0.3, 0.4) is 0 Å². The predicted molar refractivity (Wildman–Crippen MR) is 147 cm³/mol. The number of hydrogen-bond acceptors (Lipinski definition) is 8. The first kappa shape index (κ1) is 33.4. The molecule has 0 aromatic carbocycles. The summed E-state index contributed by atoms with van der Waals surface area (Å²) >= 11 is 0. The van der Waals surface area contributed by atoms with Crippen molar-refractivity contribution < 1.29 is 24.3 Å². The van der Waals surface area contributed by atoms with Crippen LogP contribution in [0.15, 0.2) is 9.98 Å². The van der Waals surface area contributed by atoms with Crippen LogP contribution in [0.25, 0.3) is 0 Å². The van der Waals surface area contributed by atoms with Gasteiger partial charge in [0.2, 0.25) is 17.7 Å². The summed E-state index contributed by atoms with van der Waals surface area (Å²) in [6.45, 7) is 1.21. The molecule has 1 aliphatic rings. The van der Waals surface area contributed by atoms with Gasteiger partial charge < -0.3 is 55.0 Å². The van der Waals surface area contributed by atoms with Crippen molar-refractivity contribution in [3.05, 3.63) is 0 Å². The Morgan fingerprint density at radius 3 is 1.97 bits per heavy atom. The number of nitrogens with two attached hydrogens (primary N) is 6. The molecular formula is C23H45N11O5. The summed E-state index contributed by atoms with van der Waals surface area (Å²) in [6, 6.07) is -3.88. The van der Waals surface area contributed by atoms with Crippen LogP contribution in [0, 0.1) is 0 Å². The number of unbranched alkanes of at least 4 members (excludes halogenated alkanes) is 1. The molecule has 1 fully saturated rings. The molecule has 1 aliphatic heterocycles. The molecule has 0 saturated carbocycles. The van der Waals surface area contributed by atoms with Gasteiger partial charge in [0.15, 0.2) is 11.9 Å². The Hall–Kier alpha value is -3.66. The topological polar surface area (TPSA) is 297 Å². The number of guanidine groups is 2. The third-order valence-corrected chi connectivity index (χ3v) is 6.27. The monoisotopic (exact) mass is 555 g/mol. The van der Waals surface area contributed by atoms with Gasteiger partial charge >= 0.3 is 5.97 Å². The maximum atomic E-state index is 13.3. The third-order valence-electron chi connectivity index (χ3n) is 6.27. The summed E-state index contributed by atoms with van der Waals surface area (Å²) in [5.74, 6) is -2.90. The Kier molecular flexibility index (Phi) is 15.2. The minimum atomic E-state index is -1.09. The Morgan fingerprint density at radius 1 is 0.846 bits per heavy atom. The molecule has 39 heavy (non-hydrogen) atoms. The Morgan fingerprint density at radius 2 is 1.41 bits per heavy atom. The maximum Gasteiger partial charge on any atom is 0.326 e. The Labute approximate surface area is 228 Å². The van der Waals surface area contributed by atoms with E-state index in [0.717, 1.165) is 0 Å². The normalized spacial score (nSPS) is 17.0. The van der Waals surface area contributed by atoms with Crippen molar-refractivity contribution in [1.29, 1.82) is 0 Å². The lowest BCUT2D eigenvalue weighted by Gasteiger charge is -2.29. The molecule has 0 aliphatic carbocycles. The molecule has 0 spiro atoms. The summed E-state index contributed by atoms with van der Waals surface area (Å²) in [6.07, 6.45) is 3.57. The number of carboxylic acids is 1. The summed E-state index contributed by atoms with van der Waals surface area (Å²) in [4.78, 5) is 60.1. The molecule has 1 heterocycles. The highest BCUT2D eigenvalue weighted by molar-refractivity contribution is 5.94. The van der Waals surface area contributed by atoms with Gasteiger partial charge in [-0.3, -0.25) is 24.4 Å². The fourth-order valence-corrected chi connectivity index (χ4v) is 4.21. The van der Waals surface area contributed by atoms with Crippen LogP contribution < -0.4 is 45.0 Å². The molecule has 4 unspecified atom stereocenters.